The van der Waals surface area contributed by atoms with Gasteiger partial charge in [-0.1, -0.05) is 30.8 Å². The van der Waals surface area contributed by atoms with E-state index in [-0.39, 0.29) is 0 Å². The quantitative estimate of drug-likeness (QED) is 0.286. The fourth-order valence-electron chi connectivity index (χ4n) is 0.440. The lowest BCUT2D eigenvalue weighted by atomic mass is 10.6. The van der Waals surface area contributed by atoms with Gasteiger partial charge in [-0.15, -0.1) is 0 Å². The second-order valence-electron chi connectivity index (χ2n) is 2.01. The molecule has 0 rings (SSSR count). The zero-order chi connectivity index (χ0) is 9.40. The highest BCUT2D eigenvalue weighted by molar-refractivity contribution is 6.30. The van der Waals surface area contributed by atoms with Gasteiger partial charge in [0.25, 0.3) is 0 Å². The maximum Gasteiger partial charge on any atom is 0.184 e. The van der Waals surface area contributed by atoms with E-state index in [9.17, 15) is 0 Å². The van der Waals surface area contributed by atoms with Crippen LogP contribution in [0.3, 0.4) is 0 Å². The number of rotatable bonds is 4. The largest absolute Gasteiger partial charge is 0.477 e. The Morgan fingerprint density at radius 2 is 2.33 bits per heavy atom. The minimum absolute atomic E-state index is 0.440. The Morgan fingerprint density at radius 3 is 2.83 bits per heavy atom. The van der Waals surface area contributed by atoms with Crippen LogP contribution in [0.5, 0.6) is 0 Å². The average molecular weight is 186 g/mol. The lowest BCUT2D eigenvalue weighted by Crippen LogP contribution is -1.97. The van der Waals surface area contributed by atoms with Crippen molar-refractivity contribution >= 4 is 17.5 Å². The fraction of sp³-hybridized carbons (Fsp3) is 0.222. The van der Waals surface area contributed by atoms with Crippen LogP contribution in [-0.2, 0) is 4.74 Å². The molecule has 0 amide bonds. The molecule has 0 unspecified atom stereocenters. The van der Waals surface area contributed by atoms with E-state index in [0.717, 1.165) is 0 Å². The Bertz CT molecular complexity index is 219. The summed E-state index contributed by atoms with van der Waals surface area (Å²) in [6.07, 6.45) is 4.78. The van der Waals surface area contributed by atoms with Crippen LogP contribution in [0.4, 0.5) is 0 Å². The maximum atomic E-state index is 5.46. The van der Waals surface area contributed by atoms with Crippen molar-refractivity contribution in [1.29, 1.82) is 0 Å². The number of aliphatic imine (C=N–C) groups is 1. The number of ether oxygens (including phenoxy) is 1. The first kappa shape index (κ1) is 11.0. The van der Waals surface area contributed by atoms with Crippen molar-refractivity contribution in [2.45, 2.75) is 6.92 Å². The van der Waals surface area contributed by atoms with Crippen molar-refractivity contribution in [1.82, 2.24) is 0 Å². The lowest BCUT2D eigenvalue weighted by Gasteiger charge is -1.98. The van der Waals surface area contributed by atoms with Crippen molar-refractivity contribution < 1.29 is 4.74 Å². The van der Waals surface area contributed by atoms with Crippen molar-refractivity contribution in [3.8, 4) is 0 Å². The molecule has 3 heteroatoms. The molecule has 0 aromatic rings. The van der Waals surface area contributed by atoms with E-state index in [1.54, 1.807) is 19.1 Å². The molecule has 66 valence electrons. The smallest absolute Gasteiger partial charge is 0.184 e. The van der Waals surface area contributed by atoms with Crippen LogP contribution in [0.2, 0.25) is 0 Å². The molecule has 0 atom stereocenters. The SMILES string of the molecule is C=CCO/C(C)=N/C=C\C(=C)Cl. The molecule has 0 aliphatic rings. The number of nitrogens with zero attached hydrogens (tertiary/aromatic N) is 1. The monoisotopic (exact) mass is 185 g/mol. The molecule has 0 fully saturated rings. The van der Waals surface area contributed by atoms with Gasteiger partial charge in [0.15, 0.2) is 5.90 Å². The van der Waals surface area contributed by atoms with Crippen molar-refractivity contribution in [3.63, 3.8) is 0 Å². The van der Waals surface area contributed by atoms with E-state index >= 15 is 0 Å². The van der Waals surface area contributed by atoms with E-state index in [4.69, 9.17) is 16.3 Å². The first-order valence-electron chi connectivity index (χ1n) is 3.46. The zero-order valence-corrected chi connectivity index (χ0v) is 7.84. The molecule has 0 aliphatic carbocycles. The molecule has 12 heavy (non-hydrogen) atoms. The maximum absolute atomic E-state index is 5.46. The molecule has 2 nitrogen and oxygen atoms in total. The van der Waals surface area contributed by atoms with Crippen molar-refractivity contribution in [2.75, 3.05) is 6.61 Å². The van der Waals surface area contributed by atoms with Crippen molar-refractivity contribution in [3.05, 3.63) is 36.5 Å². The molecular weight excluding hydrogens is 174 g/mol. The number of allylic oxidation sites excluding steroid dienone is 2. The summed E-state index contributed by atoms with van der Waals surface area (Å²) in [5.74, 6) is 0.573. The third kappa shape index (κ3) is 7.09. The van der Waals surface area contributed by atoms with E-state index in [1.807, 2.05) is 0 Å². The van der Waals surface area contributed by atoms with Crippen LogP contribution in [0.15, 0.2) is 41.5 Å². The summed E-state index contributed by atoms with van der Waals surface area (Å²) in [7, 11) is 0. The molecule has 0 saturated heterocycles. The Morgan fingerprint density at radius 1 is 1.67 bits per heavy atom. The van der Waals surface area contributed by atoms with Gasteiger partial charge < -0.3 is 4.74 Å². The Hall–Kier alpha value is -1.02. The predicted octanol–water partition coefficient (Wildman–Crippen LogP) is 2.87. The summed E-state index contributed by atoms with van der Waals surface area (Å²) < 4.78 is 5.08. The topological polar surface area (TPSA) is 21.6 Å². The number of hydrogen-bond acceptors (Lipinski definition) is 2. The van der Waals surface area contributed by atoms with Crippen LogP contribution in [-0.4, -0.2) is 12.5 Å². The number of halogens is 1. The van der Waals surface area contributed by atoms with Crippen molar-refractivity contribution in [2.24, 2.45) is 4.99 Å². The van der Waals surface area contributed by atoms with Gasteiger partial charge in [0, 0.05) is 18.2 Å². The second kappa shape index (κ2) is 6.68. The highest BCUT2D eigenvalue weighted by Gasteiger charge is 1.84. The van der Waals surface area contributed by atoms with E-state index < -0.39 is 0 Å². The van der Waals surface area contributed by atoms with Gasteiger partial charge in [-0.25, -0.2) is 4.99 Å². The summed E-state index contributed by atoms with van der Waals surface area (Å²) in [6.45, 7) is 9.19. The summed E-state index contributed by atoms with van der Waals surface area (Å²) in [5.41, 5.74) is 0. The van der Waals surface area contributed by atoms with E-state index in [1.165, 1.54) is 6.20 Å². The van der Waals surface area contributed by atoms with Gasteiger partial charge in [-0.3, -0.25) is 0 Å². The first-order valence-corrected chi connectivity index (χ1v) is 3.83. The van der Waals surface area contributed by atoms with E-state index in [0.29, 0.717) is 17.5 Å². The molecule has 0 bridgehead atoms. The van der Waals surface area contributed by atoms with Crippen LogP contribution in [0, 0.1) is 0 Å². The highest BCUT2D eigenvalue weighted by atomic mass is 35.5. The predicted molar refractivity (Wildman–Crippen MR) is 53.4 cm³/mol. The van der Waals surface area contributed by atoms with Gasteiger partial charge in [-0.2, -0.15) is 0 Å². The van der Waals surface area contributed by atoms with Crippen LogP contribution < -0.4 is 0 Å². The van der Waals surface area contributed by atoms with Crippen LogP contribution >= 0.6 is 11.6 Å². The Kier molecular flexibility index (Phi) is 6.11. The Balaban J connectivity index is 3.82. The molecule has 0 aromatic carbocycles. The molecule has 0 N–H and O–H groups in total. The van der Waals surface area contributed by atoms with Gasteiger partial charge in [0.05, 0.1) is 0 Å². The lowest BCUT2D eigenvalue weighted by molar-refractivity contribution is 0.348. The second-order valence-corrected chi connectivity index (χ2v) is 2.50. The molecule has 0 aliphatic heterocycles. The van der Waals surface area contributed by atoms with Gasteiger partial charge in [0.2, 0.25) is 0 Å². The summed E-state index contributed by atoms with van der Waals surface area (Å²) in [5, 5.41) is 0.440. The Labute approximate surface area is 77.9 Å². The highest BCUT2D eigenvalue weighted by Crippen LogP contribution is 1.97. The average Bonchev–Trinajstić information content (AvgIpc) is 2.00. The third-order valence-corrected chi connectivity index (χ3v) is 1.05. The molecule has 0 saturated carbocycles. The molecule has 0 heterocycles. The number of hydrogen-bond donors (Lipinski definition) is 0. The first-order chi connectivity index (χ1) is 5.66. The molecule has 0 radical (unpaired) electrons. The minimum Gasteiger partial charge on any atom is -0.477 e. The van der Waals surface area contributed by atoms with Crippen LogP contribution in [0.1, 0.15) is 6.92 Å². The van der Waals surface area contributed by atoms with Gasteiger partial charge in [-0.05, 0) is 6.08 Å². The van der Waals surface area contributed by atoms with Crippen LogP contribution in [0.25, 0.3) is 0 Å². The summed E-state index contributed by atoms with van der Waals surface area (Å²) >= 11 is 5.46. The minimum atomic E-state index is 0.440. The fourth-order valence-corrected chi connectivity index (χ4v) is 0.496. The standard InChI is InChI=1S/C9H12ClNO/c1-4-7-12-9(3)11-6-5-8(2)10/h4-6H,1-2,7H2,3H3/b6-5-,11-9+. The molecule has 0 spiro atoms. The summed E-state index contributed by atoms with van der Waals surface area (Å²) in [4.78, 5) is 3.92. The van der Waals surface area contributed by atoms with Gasteiger partial charge in [0.1, 0.15) is 6.61 Å². The molecular formula is C9H12ClNO. The van der Waals surface area contributed by atoms with Gasteiger partial charge >= 0.3 is 0 Å². The third-order valence-electron chi connectivity index (χ3n) is 0.922. The zero-order valence-electron chi connectivity index (χ0n) is 7.09. The molecule has 0 aromatic heterocycles. The van der Waals surface area contributed by atoms with E-state index in [2.05, 4.69) is 18.2 Å². The summed E-state index contributed by atoms with van der Waals surface area (Å²) in [6, 6.07) is 0. The normalized spacial score (nSPS) is 11.7.